The molecule has 5 saturated carbocycles. The third-order valence-corrected chi connectivity index (χ3v) is 20.6. The average Bonchev–Trinajstić information content (AvgIpc) is 1.16. The molecule has 14 N–H and O–H groups in total. The maximum atomic E-state index is 11.0. The van der Waals surface area contributed by atoms with Crippen LogP contribution in [0.4, 0.5) is 0 Å². The Hall–Kier alpha value is -5.30. The first-order valence-corrected chi connectivity index (χ1v) is 34.3. The van der Waals surface area contributed by atoms with Crippen LogP contribution >= 0.6 is 0 Å². The van der Waals surface area contributed by atoms with Crippen molar-refractivity contribution < 1.29 is 50.3 Å². The summed E-state index contributed by atoms with van der Waals surface area (Å²) in [5.74, 6) is 2.89. The minimum Gasteiger partial charge on any atom is -0.508 e. The molecule has 0 aromatic heterocycles. The molecule has 5 aromatic carbocycles. The zero-order chi connectivity index (χ0) is 65.9. The number of hydrogen-bond acceptors (Lipinski definition) is 15. The number of phenols is 3. The Bertz CT molecular complexity index is 2750. The van der Waals surface area contributed by atoms with E-state index in [4.69, 9.17) is 20.9 Å². The van der Waals surface area contributed by atoms with Gasteiger partial charge < -0.3 is 77.3 Å². The minimum absolute atomic E-state index is 0.0246. The van der Waals surface area contributed by atoms with Crippen LogP contribution in [-0.4, -0.2) is 149 Å². The third kappa shape index (κ3) is 21.9. The van der Waals surface area contributed by atoms with Crippen LogP contribution in [0.1, 0.15) is 218 Å². The number of ether oxygens (including phenoxy) is 2. The maximum absolute atomic E-state index is 11.0. The number of likely N-dealkylation sites (N-methyl/N-ethyl adjacent to an activating group) is 3. The van der Waals surface area contributed by atoms with E-state index in [1.807, 2.05) is 101 Å². The lowest BCUT2D eigenvalue weighted by Crippen LogP contribution is -2.42. The van der Waals surface area contributed by atoms with Crippen molar-refractivity contribution in [1.82, 2.24) is 15.5 Å². The average molecular weight is 1260 g/mol. The van der Waals surface area contributed by atoms with Gasteiger partial charge in [0.25, 0.3) is 0 Å². The van der Waals surface area contributed by atoms with E-state index in [1.54, 1.807) is 50.6 Å². The van der Waals surface area contributed by atoms with Crippen LogP contribution in [0.15, 0.2) is 121 Å². The molecule has 5 aliphatic carbocycles. The minimum atomic E-state index is -0.663. The molecule has 0 heterocycles. The zero-order valence-electron chi connectivity index (χ0n) is 56.1. The van der Waals surface area contributed by atoms with E-state index in [-0.39, 0.29) is 46.8 Å². The Morgan fingerprint density at radius 1 is 0.352 bits per heavy atom. The number of aliphatic hydroxyl groups is 5. The highest BCUT2D eigenvalue weighted by molar-refractivity contribution is 5.35. The highest BCUT2D eigenvalue weighted by Crippen LogP contribution is 2.45. The summed E-state index contributed by atoms with van der Waals surface area (Å²) in [7, 11) is 11.3. The van der Waals surface area contributed by atoms with Gasteiger partial charge in [-0.05, 0) is 181 Å². The number of hydrogen-bond donors (Lipinski definition) is 12. The molecule has 5 aromatic rings. The summed E-state index contributed by atoms with van der Waals surface area (Å²) in [5.41, 5.74) is 14.2. The van der Waals surface area contributed by atoms with Gasteiger partial charge in [-0.1, -0.05) is 157 Å². The van der Waals surface area contributed by atoms with Crippen LogP contribution in [0.5, 0.6) is 28.7 Å². The van der Waals surface area contributed by atoms with E-state index in [9.17, 15) is 40.9 Å². The molecule has 91 heavy (non-hydrogen) atoms. The van der Waals surface area contributed by atoms with Crippen LogP contribution in [0, 0.1) is 0 Å². The first kappa shape index (κ1) is 74.7. The highest BCUT2D eigenvalue weighted by atomic mass is 16.5. The Balaban J connectivity index is 0.000000181. The first-order valence-electron chi connectivity index (χ1n) is 34.3. The molecule has 0 aliphatic heterocycles. The SMILES string of the molecule is CN(C)CC(c1ccc(O)cc1)C1(O)CCCCC1.CNCC(c1ccc(O)cc1)C1(O)CCCCC1.CNCC(c1ccc(OC)cc1)C1(O)CCCCC1.COc1ccc(C(CN)C2(O)CCCCC2)cc1.NCC(c1ccc(O)cc1)C1(O)CCCCC1. The summed E-state index contributed by atoms with van der Waals surface area (Å²) in [6.07, 6.45) is 25.9. The Morgan fingerprint density at radius 2 is 0.560 bits per heavy atom. The fraction of sp³-hybridized carbons (Fsp3) is 0.605. The van der Waals surface area contributed by atoms with Gasteiger partial charge in [-0.15, -0.1) is 0 Å². The van der Waals surface area contributed by atoms with E-state index in [1.165, 1.54) is 37.7 Å². The largest absolute Gasteiger partial charge is 0.508 e. The Labute approximate surface area is 546 Å². The van der Waals surface area contributed by atoms with Crippen LogP contribution < -0.4 is 31.6 Å². The maximum Gasteiger partial charge on any atom is 0.118 e. The van der Waals surface area contributed by atoms with Crippen molar-refractivity contribution in [2.75, 3.05) is 75.1 Å². The third-order valence-electron chi connectivity index (χ3n) is 20.6. The van der Waals surface area contributed by atoms with E-state index < -0.39 is 28.0 Å². The number of benzene rings is 5. The molecule has 0 radical (unpaired) electrons. The molecule has 10 rings (SSSR count). The van der Waals surface area contributed by atoms with Gasteiger partial charge in [-0.2, -0.15) is 0 Å². The number of nitrogens with one attached hydrogen (secondary N) is 2. The van der Waals surface area contributed by atoms with Crippen LogP contribution in [0.2, 0.25) is 0 Å². The molecular formula is C76H117N5O10. The smallest absolute Gasteiger partial charge is 0.118 e. The number of phenolic OH excluding ortho intramolecular Hbond substituents is 3. The van der Waals surface area contributed by atoms with Gasteiger partial charge >= 0.3 is 0 Å². The van der Waals surface area contributed by atoms with Gasteiger partial charge in [0.15, 0.2) is 0 Å². The van der Waals surface area contributed by atoms with Crippen molar-refractivity contribution in [2.24, 2.45) is 11.5 Å². The lowest BCUT2D eigenvalue weighted by atomic mass is 9.72. The van der Waals surface area contributed by atoms with E-state index in [2.05, 4.69) is 27.7 Å². The topological polar surface area (TPSA) is 260 Å². The molecule has 5 aliphatic rings. The van der Waals surface area contributed by atoms with Crippen molar-refractivity contribution in [3.8, 4) is 28.7 Å². The fourth-order valence-electron chi connectivity index (χ4n) is 15.3. The lowest BCUT2D eigenvalue weighted by molar-refractivity contribution is -0.0278. The molecule has 0 bridgehead atoms. The van der Waals surface area contributed by atoms with Gasteiger partial charge in [-0.3, -0.25) is 0 Å². The van der Waals surface area contributed by atoms with E-state index in [0.29, 0.717) is 13.1 Å². The summed E-state index contributed by atoms with van der Waals surface area (Å²) in [5, 5.41) is 88.9. The van der Waals surface area contributed by atoms with Crippen molar-refractivity contribution >= 4 is 0 Å². The van der Waals surface area contributed by atoms with Crippen molar-refractivity contribution in [2.45, 2.75) is 218 Å². The highest BCUT2D eigenvalue weighted by Gasteiger charge is 2.42. The van der Waals surface area contributed by atoms with Crippen molar-refractivity contribution in [3.05, 3.63) is 149 Å². The normalized spacial score (nSPS) is 20.5. The predicted octanol–water partition coefficient (Wildman–Crippen LogP) is 12.4. The standard InChI is InChI=1S/2C16H25NO2.2C15H23NO2.C14H21NO2/c1-17-12-15(16(18)10-4-3-5-11-16)13-6-8-14(19-2)9-7-13;1-17(2)12-15(13-6-8-14(18)9-7-13)16(19)10-4-3-5-11-16;1-18-13-7-5-12(6-8-13)14(11-16)15(17)9-3-2-4-10-15;1-16-11-14(12-5-7-13(17)8-6-12)15(18)9-3-2-4-10-15;15-10-13(11-4-6-12(16)7-5-11)14(17)8-2-1-3-9-14/h6-9,15,17-18H,3-5,10-12H2,1-2H3;6-9,15,18-19H,3-5,10-12H2,1-2H3;5-8,14,17H,2-4,9-11,16H2,1H3;5-8,14,16-18H,2-4,9-11H2,1H3;4-7,13,16-17H,1-3,8-10,15H2. The van der Waals surface area contributed by atoms with E-state index >= 15 is 0 Å². The number of aromatic hydroxyl groups is 3. The Kier molecular flexibility index (Phi) is 30.4. The summed E-state index contributed by atoms with van der Waals surface area (Å²) >= 11 is 0. The van der Waals surface area contributed by atoms with Crippen LogP contribution in [0.3, 0.4) is 0 Å². The second kappa shape index (κ2) is 37.0. The number of methoxy groups -OCH3 is 2. The summed E-state index contributed by atoms with van der Waals surface area (Å²) in [6.45, 7) is 3.34. The van der Waals surface area contributed by atoms with Gasteiger partial charge in [0.1, 0.15) is 28.7 Å². The molecule has 5 unspecified atom stereocenters. The van der Waals surface area contributed by atoms with E-state index in [0.717, 1.165) is 182 Å². The summed E-state index contributed by atoms with van der Waals surface area (Å²) < 4.78 is 10.4. The van der Waals surface area contributed by atoms with Crippen LogP contribution in [-0.2, 0) is 0 Å². The molecule has 5 atom stereocenters. The quantitative estimate of drug-likeness (QED) is 0.0346. The summed E-state index contributed by atoms with van der Waals surface area (Å²) in [6, 6.07) is 37.6. The second-order valence-corrected chi connectivity index (χ2v) is 27.3. The predicted molar refractivity (Wildman–Crippen MR) is 369 cm³/mol. The monoisotopic (exact) mass is 1260 g/mol. The first-order chi connectivity index (χ1) is 43.7. The number of nitrogens with two attached hydrogens (primary N) is 2. The van der Waals surface area contributed by atoms with Crippen LogP contribution in [0.25, 0.3) is 0 Å². The van der Waals surface area contributed by atoms with Gasteiger partial charge in [-0.25, -0.2) is 0 Å². The number of rotatable bonds is 20. The second-order valence-electron chi connectivity index (χ2n) is 27.3. The number of nitrogens with zero attached hydrogens (tertiary/aromatic N) is 1. The fourth-order valence-corrected chi connectivity index (χ4v) is 15.3. The van der Waals surface area contributed by atoms with Crippen molar-refractivity contribution in [3.63, 3.8) is 0 Å². The molecule has 15 heteroatoms. The molecule has 0 spiro atoms. The molecule has 5 fully saturated rings. The molecule has 0 saturated heterocycles. The molecule has 15 nitrogen and oxygen atoms in total. The van der Waals surface area contributed by atoms with Gasteiger partial charge in [0, 0.05) is 62.3 Å². The molecular weight excluding hydrogens is 1140 g/mol. The zero-order valence-corrected chi connectivity index (χ0v) is 56.1. The van der Waals surface area contributed by atoms with Gasteiger partial charge in [0.05, 0.1) is 42.2 Å². The summed E-state index contributed by atoms with van der Waals surface area (Å²) in [4.78, 5) is 2.13. The molecule has 0 amide bonds. The lowest BCUT2D eigenvalue weighted by Gasteiger charge is -2.40. The molecule has 506 valence electrons. The van der Waals surface area contributed by atoms with Gasteiger partial charge in [0.2, 0.25) is 0 Å². The van der Waals surface area contributed by atoms with Crippen molar-refractivity contribution in [1.29, 1.82) is 0 Å². The Morgan fingerprint density at radius 3 is 0.780 bits per heavy atom.